The average Bonchev–Trinajstić information content (AvgIpc) is 2.13. The maximum Gasteiger partial charge on any atom is 0.335 e. The number of nitrogens with two attached hydrogens (primary N) is 1. The number of carboxylic acid groups (broad SMARTS) is 1. The monoisotopic (exact) mass is 232 g/mol. The maximum atomic E-state index is 11.0. The van der Waals surface area contributed by atoms with Gasteiger partial charge in [-0.25, -0.2) is 4.79 Å². The number of benzene rings is 1. The van der Waals surface area contributed by atoms with Gasteiger partial charge in [0.25, 0.3) is 0 Å². The molecule has 2 rings (SSSR count). The van der Waals surface area contributed by atoms with E-state index >= 15 is 0 Å². The summed E-state index contributed by atoms with van der Waals surface area (Å²) in [7, 11) is 0. The van der Waals surface area contributed by atoms with Crippen LogP contribution in [0.3, 0.4) is 0 Å². The molecule has 90 valence electrons. The largest absolute Gasteiger partial charge is 0.478 e. The summed E-state index contributed by atoms with van der Waals surface area (Å²) in [6.45, 7) is 1.79. The van der Waals surface area contributed by atoms with Crippen LogP contribution in [0.15, 0.2) is 12.1 Å². The third-order valence-corrected chi connectivity index (χ3v) is 3.46. The molecule has 17 heavy (non-hydrogen) atoms. The number of nitrogen functional groups attached to an aromatic ring is 1. The van der Waals surface area contributed by atoms with E-state index in [1.54, 1.807) is 6.92 Å². The minimum atomic E-state index is -0.967. The van der Waals surface area contributed by atoms with Crippen LogP contribution in [0.1, 0.15) is 52.2 Å². The molecule has 0 amide bonds. The van der Waals surface area contributed by atoms with E-state index < -0.39 is 5.97 Å². The Hall–Kier alpha value is -1.84. The lowest BCUT2D eigenvalue weighted by Crippen LogP contribution is -2.20. The molecule has 0 aliphatic heterocycles. The van der Waals surface area contributed by atoms with Crippen molar-refractivity contribution in [2.45, 2.75) is 32.1 Å². The van der Waals surface area contributed by atoms with Crippen molar-refractivity contribution in [2.75, 3.05) is 0 Å². The van der Waals surface area contributed by atoms with E-state index in [2.05, 4.69) is 0 Å². The Morgan fingerprint density at radius 2 is 2.06 bits per heavy atom. The van der Waals surface area contributed by atoms with Gasteiger partial charge in [0.05, 0.1) is 5.56 Å². The summed E-state index contributed by atoms with van der Waals surface area (Å²) < 4.78 is 0. The van der Waals surface area contributed by atoms with Crippen LogP contribution in [0.2, 0.25) is 0 Å². The topological polar surface area (TPSA) is 87.2 Å². The smallest absolute Gasteiger partial charge is 0.335 e. The molecule has 1 aromatic rings. The van der Waals surface area contributed by atoms with Crippen LogP contribution in [-0.2, 0) is 0 Å². The first-order valence-electron chi connectivity index (χ1n) is 5.73. The maximum absolute atomic E-state index is 11.0. The molecule has 1 fully saturated rings. The molecule has 4 nitrogen and oxygen atoms in total. The molecule has 0 bridgehead atoms. The average molecular weight is 232 g/mol. The van der Waals surface area contributed by atoms with Crippen molar-refractivity contribution in [3.05, 3.63) is 34.4 Å². The first kappa shape index (κ1) is 11.6. The van der Waals surface area contributed by atoms with E-state index in [9.17, 15) is 4.79 Å². The zero-order valence-corrected chi connectivity index (χ0v) is 9.79. The summed E-state index contributed by atoms with van der Waals surface area (Å²) in [4.78, 5) is 11.0. The van der Waals surface area contributed by atoms with Crippen molar-refractivity contribution in [1.29, 1.82) is 5.41 Å². The van der Waals surface area contributed by atoms with Crippen LogP contribution in [0.25, 0.3) is 0 Å². The standard InChI is InChI=1S/C13H16N2O2/c1-7-5-10(8-3-2-4-8)11(12(14)15)6-9(7)13(16)17/h5-6,8H,2-4H2,1H3,(H3,14,15)(H,16,17). The molecule has 0 unspecified atom stereocenters. The predicted molar refractivity (Wildman–Crippen MR) is 65.7 cm³/mol. The van der Waals surface area contributed by atoms with Gasteiger partial charge >= 0.3 is 5.97 Å². The van der Waals surface area contributed by atoms with Crippen molar-refractivity contribution < 1.29 is 9.90 Å². The summed E-state index contributed by atoms with van der Waals surface area (Å²) >= 11 is 0. The van der Waals surface area contributed by atoms with E-state index in [-0.39, 0.29) is 11.4 Å². The molecule has 4 heteroatoms. The molecule has 0 spiro atoms. The van der Waals surface area contributed by atoms with E-state index in [1.165, 1.54) is 12.5 Å². The molecule has 0 aromatic heterocycles. The van der Waals surface area contributed by atoms with E-state index in [4.69, 9.17) is 16.2 Å². The zero-order chi connectivity index (χ0) is 12.6. The van der Waals surface area contributed by atoms with E-state index in [1.807, 2.05) is 6.07 Å². The fourth-order valence-electron chi connectivity index (χ4n) is 2.25. The minimum absolute atomic E-state index is 0.0469. The summed E-state index contributed by atoms with van der Waals surface area (Å²) in [6.07, 6.45) is 3.40. The minimum Gasteiger partial charge on any atom is -0.478 e. The molecule has 1 aliphatic carbocycles. The zero-order valence-electron chi connectivity index (χ0n) is 9.79. The number of nitrogens with one attached hydrogen (secondary N) is 1. The molecule has 0 atom stereocenters. The van der Waals surface area contributed by atoms with Crippen LogP contribution in [0, 0.1) is 12.3 Å². The van der Waals surface area contributed by atoms with Crippen molar-refractivity contribution in [3.63, 3.8) is 0 Å². The summed E-state index contributed by atoms with van der Waals surface area (Å²) in [6, 6.07) is 3.41. The molecule has 1 saturated carbocycles. The van der Waals surface area contributed by atoms with Gasteiger partial charge in [-0.15, -0.1) is 0 Å². The third kappa shape index (κ3) is 2.02. The highest BCUT2D eigenvalue weighted by molar-refractivity contribution is 6.00. The third-order valence-electron chi connectivity index (χ3n) is 3.46. The Kier molecular flexibility index (Phi) is 2.88. The van der Waals surface area contributed by atoms with Gasteiger partial charge in [-0.3, -0.25) is 5.41 Å². The molecule has 0 saturated heterocycles. The molecule has 1 aliphatic rings. The molecule has 1 aromatic carbocycles. The summed E-state index contributed by atoms with van der Waals surface area (Å²) in [5, 5.41) is 16.6. The Bertz CT molecular complexity index is 490. The Morgan fingerprint density at radius 3 is 2.47 bits per heavy atom. The van der Waals surface area contributed by atoms with Gasteiger partial charge in [0.15, 0.2) is 0 Å². The summed E-state index contributed by atoms with van der Waals surface area (Å²) in [5.74, 6) is -0.574. The second-order valence-electron chi connectivity index (χ2n) is 4.60. The lowest BCUT2D eigenvalue weighted by molar-refractivity contribution is 0.0696. The van der Waals surface area contributed by atoms with E-state index in [0.717, 1.165) is 24.0 Å². The molecule has 0 radical (unpaired) electrons. The second kappa shape index (κ2) is 4.20. The number of carbonyl (C=O) groups is 1. The van der Waals surface area contributed by atoms with Gasteiger partial charge < -0.3 is 10.8 Å². The van der Waals surface area contributed by atoms with Gasteiger partial charge in [-0.1, -0.05) is 12.5 Å². The van der Waals surface area contributed by atoms with Crippen LogP contribution in [0.4, 0.5) is 0 Å². The highest BCUT2D eigenvalue weighted by atomic mass is 16.4. The normalized spacial score (nSPS) is 15.4. The molecule has 0 heterocycles. The number of hydrogen-bond donors (Lipinski definition) is 3. The first-order valence-corrected chi connectivity index (χ1v) is 5.73. The highest BCUT2D eigenvalue weighted by Gasteiger charge is 2.24. The van der Waals surface area contributed by atoms with Crippen LogP contribution in [0.5, 0.6) is 0 Å². The predicted octanol–water partition coefficient (Wildman–Crippen LogP) is 2.24. The molecule has 4 N–H and O–H groups in total. The van der Waals surface area contributed by atoms with Crippen molar-refractivity contribution in [1.82, 2.24) is 0 Å². The number of aryl methyl sites for hydroxylation is 1. The Balaban J connectivity index is 2.54. The fraction of sp³-hybridized carbons (Fsp3) is 0.385. The van der Waals surface area contributed by atoms with Gasteiger partial charge in [0.2, 0.25) is 0 Å². The number of hydrogen-bond acceptors (Lipinski definition) is 2. The van der Waals surface area contributed by atoms with Crippen molar-refractivity contribution >= 4 is 11.8 Å². The quantitative estimate of drug-likeness (QED) is 0.551. The number of carboxylic acids is 1. The summed E-state index contributed by atoms with van der Waals surface area (Å²) in [5.41, 5.74) is 8.13. The highest BCUT2D eigenvalue weighted by Crippen LogP contribution is 2.38. The SMILES string of the molecule is Cc1cc(C2CCC2)c(C(=N)N)cc1C(=O)O. The van der Waals surface area contributed by atoms with Crippen molar-refractivity contribution in [2.24, 2.45) is 5.73 Å². The second-order valence-corrected chi connectivity index (χ2v) is 4.60. The molecular formula is C13H16N2O2. The van der Waals surface area contributed by atoms with E-state index in [0.29, 0.717) is 11.5 Å². The molecular weight excluding hydrogens is 216 g/mol. The Labute approximate surface area is 100.0 Å². The van der Waals surface area contributed by atoms with Crippen molar-refractivity contribution in [3.8, 4) is 0 Å². The number of aromatic carboxylic acids is 1. The van der Waals surface area contributed by atoms with Gasteiger partial charge in [0, 0.05) is 5.56 Å². The van der Waals surface area contributed by atoms with Gasteiger partial charge in [0.1, 0.15) is 5.84 Å². The van der Waals surface area contributed by atoms with Gasteiger partial charge in [-0.05, 0) is 42.9 Å². The van der Waals surface area contributed by atoms with Gasteiger partial charge in [-0.2, -0.15) is 0 Å². The lowest BCUT2D eigenvalue weighted by atomic mass is 9.77. The lowest BCUT2D eigenvalue weighted by Gasteiger charge is -2.28. The number of rotatable bonds is 3. The Morgan fingerprint density at radius 1 is 1.41 bits per heavy atom. The van der Waals surface area contributed by atoms with Crippen LogP contribution < -0.4 is 5.73 Å². The fourth-order valence-corrected chi connectivity index (χ4v) is 2.25. The van der Waals surface area contributed by atoms with Crippen LogP contribution >= 0.6 is 0 Å². The number of amidine groups is 1. The van der Waals surface area contributed by atoms with Crippen LogP contribution in [-0.4, -0.2) is 16.9 Å². The first-order chi connectivity index (χ1) is 8.00.